The Labute approximate surface area is 159 Å². The first-order valence-electron chi connectivity index (χ1n) is 10.7. The van der Waals surface area contributed by atoms with Crippen molar-refractivity contribution in [3.05, 3.63) is 35.4 Å². The minimum Gasteiger partial charge on any atom is -0.279 e. The maximum Gasteiger partial charge on any atom is 0.260 e. The Bertz CT molecular complexity index is 550. The minimum atomic E-state index is -0.129. The molecule has 0 atom stereocenters. The molecule has 1 aliphatic heterocycles. The molecule has 144 valence electrons. The number of nitrogens with zero attached hydrogens (tertiary/aromatic N) is 1. The number of carbonyl (C=O) groups excluding carboxylic acids is 2. The average Bonchev–Trinajstić information content (AvgIpc) is 2.88. The molecule has 1 fully saturated rings. The lowest BCUT2D eigenvalue weighted by Crippen LogP contribution is -2.36. The van der Waals surface area contributed by atoms with E-state index in [-0.39, 0.29) is 11.8 Å². The largest absolute Gasteiger partial charge is 0.279 e. The fourth-order valence-corrected chi connectivity index (χ4v) is 3.63. The number of benzene rings is 1. The third kappa shape index (κ3) is 6.93. The van der Waals surface area contributed by atoms with E-state index in [4.69, 9.17) is 0 Å². The highest BCUT2D eigenvalue weighted by molar-refractivity contribution is 6.04. The number of carbonyl (C=O) groups is 2. The van der Waals surface area contributed by atoms with Crippen LogP contribution in [0.4, 0.5) is 0 Å². The van der Waals surface area contributed by atoms with E-state index in [1.807, 2.05) is 12.1 Å². The lowest BCUT2D eigenvalue weighted by molar-refractivity contribution is -0.128. The van der Waals surface area contributed by atoms with E-state index in [1.54, 1.807) is 0 Å². The third-order valence-electron chi connectivity index (χ3n) is 5.34. The number of amides is 2. The van der Waals surface area contributed by atoms with Crippen molar-refractivity contribution in [1.82, 2.24) is 4.90 Å². The summed E-state index contributed by atoms with van der Waals surface area (Å²) in [4.78, 5) is 26.1. The van der Waals surface area contributed by atoms with Gasteiger partial charge in [0.2, 0.25) is 5.91 Å². The fourth-order valence-electron chi connectivity index (χ4n) is 3.63. The van der Waals surface area contributed by atoms with Gasteiger partial charge in [-0.05, 0) is 43.4 Å². The molecular weight excluding hydrogens is 322 g/mol. The van der Waals surface area contributed by atoms with E-state index in [0.29, 0.717) is 18.5 Å². The molecule has 3 heteroatoms. The van der Waals surface area contributed by atoms with Crippen molar-refractivity contribution in [1.29, 1.82) is 0 Å². The summed E-state index contributed by atoms with van der Waals surface area (Å²) in [5.41, 5.74) is 1.93. The monoisotopic (exact) mass is 357 g/mol. The van der Waals surface area contributed by atoms with Gasteiger partial charge in [-0.25, -0.2) is 0 Å². The molecule has 0 N–H and O–H groups in total. The molecule has 1 aromatic carbocycles. The van der Waals surface area contributed by atoms with Crippen LogP contribution >= 0.6 is 0 Å². The highest BCUT2D eigenvalue weighted by Gasteiger charge is 2.23. The second-order valence-electron chi connectivity index (χ2n) is 7.58. The van der Waals surface area contributed by atoms with Crippen LogP contribution < -0.4 is 0 Å². The molecule has 1 aliphatic rings. The van der Waals surface area contributed by atoms with Crippen LogP contribution in [0.2, 0.25) is 0 Å². The standard InChI is InChI=1S/C23H35NO2/c1-2-3-4-5-6-7-8-10-13-20-15-17-21(18-16-20)23(26)24-19-12-9-11-14-22(24)25/h15-18H,2-14,19H2,1H3. The molecule has 1 aromatic rings. The highest BCUT2D eigenvalue weighted by Crippen LogP contribution is 2.16. The normalized spacial score (nSPS) is 15.1. The van der Waals surface area contributed by atoms with Crippen LogP contribution in [0, 0.1) is 0 Å². The Morgan fingerprint density at radius 1 is 0.885 bits per heavy atom. The maximum absolute atomic E-state index is 12.6. The predicted molar refractivity (Wildman–Crippen MR) is 107 cm³/mol. The molecule has 0 aliphatic carbocycles. The fraction of sp³-hybridized carbons (Fsp3) is 0.652. The van der Waals surface area contributed by atoms with Crippen molar-refractivity contribution in [2.45, 2.75) is 90.4 Å². The molecule has 0 spiro atoms. The zero-order chi connectivity index (χ0) is 18.6. The molecule has 26 heavy (non-hydrogen) atoms. The number of hydrogen-bond donors (Lipinski definition) is 0. The van der Waals surface area contributed by atoms with Crippen LogP contribution in [0.15, 0.2) is 24.3 Å². The summed E-state index contributed by atoms with van der Waals surface area (Å²) in [7, 11) is 0. The van der Waals surface area contributed by atoms with Gasteiger partial charge in [-0.1, -0.05) is 70.4 Å². The quantitative estimate of drug-likeness (QED) is 0.385. The maximum atomic E-state index is 12.6. The van der Waals surface area contributed by atoms with Gasteiger partial charge in [-0.15, -0.1) is 0 Å². The molecule has 3 nitrogen and oxygen atoms in total. The first-order valence-corrected chi connectivity index (χ1v) is 10.7. The third-order valence-corrected chi connectivity index (χ3v) is 5.34. The molecule has 1 heterocycles. The number of imide groups is 1. The molecule has 0 unspecified atom stereocenters. The van der Waals surface area contributed by atoms with Gasteiger partial charge in [0.15, 0.2) is 0 Å². The van der Waals surface area contributed by atoms with E-state index >= 15 is 0 Å². The summed E-state index contributed by atoms with van der Waals surface area (Å²) in [6, 6.07) is 7.88. The molecule has 0 saturated carbocycles. The topological polar surface area (TPSA) is 37.4 Å². The van der Waals surface area contributed by atoms with Gasteiger partial charge < -0.3 is 0 Å². The van der Waals surface area contributed by atoms with Gasteiger partial charge in [0, 0.05) is 18.5 Å². The first kappa shape index (κ1) is 20.7. The first-order chi connectivity index (χ1) is 12.7. The van der Waals surface area contributed by atoms with E-state index in [9.17, 15) is 9.59 Å². The molecule has 1 saturated heterocycles. The Kier molecular flexibility index (Phi) is 9.44. The molecule has 0 radical (unpaired) electrons. The Morgan fingerprint density at radius 3 is 2.23 bits per heavy atom. The summed E-state index contributed by atoms with van der Waals surface area (Å²) < 4.78 is 0. The van der Waals surface area contributed by atoms with Crippen molar-refractivity contribution in [2.75, 3.05) is 6.54 Å². The number of rotatable bonds is 10. The Morgan fingerprint density at radius 2 is 1.54 bits per heavy atom. The van der Waals surface area contributed by atoms with Crippen LogP contribution in [-0.4, -0.2) is 23.3 Å². The molecule has 2 amide bonds. The van der Waals surface area contributed by atoms with Crippen molar-refractivity contribution < 1.29 is 9.59 Å². The van der Waals surface area contributed by atoms with E-state index in [0.717, 1.165) is 25.7 Å². The zero-order valence-electron chi connectivity index (χ0n) is 16.5. The van der Waals surface area contributed by atoms with Crippen molar-refractivity contribution in [3.63, 3.8) is 0 Å². The minimum absolute atomic E-state index is 0.0180. The summed E-state index contributed by atoms with van der Waals surface area (Å²) in [6.07, 6.45) is 15.1. The van der Waals surface area contributed by atoms with Gasteiger partial charge in [-0.2, -0.15) is 0 Å². The summed E-state index contributed by atoms with van der Waals surface area (Å²) in [6.45, 7) is 2.82. The SMILES string of the molecule is CCCCCCCCCCc1ccc(C(=O)N2CCCCCC2=O)cc1. The summed E-state index contributed by atoms with van der Waals surface area (Å²) in [5, 5.41) is 0. The van der Waals surface area contributed by atoms with Gasteiger partial charge >= 0.3 is 0 Å². The van der Waals surface area contributed by atoms with Crippen molar-refractivity contribution in [2.24, 2.45) is 0 Å². The lowest BCUT2D eigenvalue weighted by Gasteiger charge is -2.18. The van der Waals surface area contributed by atoms with Crippen molar-refractivity contribution >= 4 is 11.8 Å². The van der Waals surface area contributed by atoms with Gasteiger partial charge in [0.25, 0.3) is 5.91 Å². The van der Waals surface area contributed by atoms with Gasteiger partial charge in [0.1, 0.15) is 0 Å². The highest BCUT2D eigenvalue weighted by atomic mass is 16.2. The van der Waals surface area contributed by atoms with Crippen LogP contribution in [0.1, 0.15) is 99.9 Å². The summed E-state index contributed by atoms with van der Waals surface area (Å²) >= 11 is 0. The predicted octanol–water partition coefficient (Wildman–Crippen LogP) is 5.91. The Hall–Kier alpha value is -1.64. The lowest BCUT2D eigenvalue weighted by atomic mass is 10.0. The second kappa shape index (κ2) is 11.9. The molecule has 2 rings (SSSR count). The van der Waals surface area contributed by atoms with E-state index in [1.165, 1.54) is 61.8 Å². The van der Waals surface area contributed by atoms with Crippen LogP contribution in [0.5, 0.6) is 0 Å². The smallest absolute Gasteiger partial charge is 0.260 e. The molecule has 0 aromatic heterocycles. The van der Waals surface area contributed by atoms with Gasteiger partial charge in [-0.3, -0.25) is 14.5 Å². The number of likely N-dealkylation sites (tertiary alicyclic amines) is 1. The van der Waals surface area contributed by atoms with Gasteiger partial charge in [0.05, 0.1) is 0 Å². The van der Waals surface area contributed by atoms with Crippen LogP contribution in [0.25, 0.3) is 0 Å². The zero-order valence-corrected chi connectivity index (χ0v) is 16.5. The van der Waals surface area contributed by atoms with Crippen LogP contribution in [0.3, 0.4) is 0 Å². The van der Waals surface area contributed by atoms with Crippen LogP contribution in [-0.2, 0) is 11.2 Å². The number of hydrogen-bond acceptors (Lipinski definition) is 2. The van der Waals surface area contributed by atoms with E-state index in [2.05, 4.69) is 19.1 Å². The Balaban J connectivity index is 1.72. The second-order valence-corrected chi connectivity index (χ2v) is 7.58. The van der Waals surface area contributed by atoms with E-state index < -0.39 is 0 Å². The average molecular weight is 358 g/mol. The molecular formula is C23H35NO2. The number of aryl methyl sites for hydroxylation is 1. The summed E-state index contributed by atoms with van der Waals surface area (Å²) in [5.74, 6) is -0.147. The molecule has 0 bridgehead atoms. The number of unbranched alkanes of at least 4 members (excludes halogenated alkanes) is 7. The van der Waals surface area contributed by atoms with Crippen molar-refractivity contribution in [3.8, 4) is 0 Å².